The Morgan fingerprint density at radius 3 is 2.56 bits per heavy atom. The molecule has 0 aliphatic heterocycles. The van der Waals surface area contributed by atoms with Crippen molar-refractivity contribution in [3.8, 4) is 0 Å². The van der Waals surface area contributed by atoms with E-state index in [-0.39, 0.29) is 11.7 Å². The number of hydrogen-bond donors (Lipinski definition) is 1. The second-order valence-electron chi connectivity index (χ2n) is 8.02. The number of benzene rings is 2. The molecule has 2 nitrogen and oxygen atoms in total. The van der Waals surface area contributed by atoms with Crippen LogP contribution < -0.4 is 0 Å². The summed E-state index contributed by atoms with van der Waals surface area (Å²) in [6.07, 6.45) is 6.09. The normalized spacial score (nSPS) is 25.0. The van der Waals surface area contributed by atoms with Crippen LogP contribution in [-0.4, -0.2) is 30.6 Å². The van der Waals surface area contributed by atoms with Gasteiger partial charge in [-0.15, -0.1) is 0 Å². The SMILES string of the molecule is Cc1cc(C2(O)/C(=C\c3ccccc3)CCCCC2CN(C)C)ccc1F. The molecule has 0 spiro atoms. The summed E-state index contributed by atoms with van der Waals surface area (Å²) in [5.41, 5.74) is 2.42. The van der Waals surface area contributed by atoms with Gasteiger partial charge in [-0.05, 0) is 74.7 Å². The predicted octanol–water partition coefficient (Wildman–Crippen LogP) is 5.16. The molecule has 0 bridgehead atoms. The van der Waals surface area contributed by atoms with E-state index >= 15 is 0 Å². The molecule has 2 aromatic carbocycles. The molecule has 3 rings (SSSR count). The largest absolute Gasteiger partial charge is 0.380 e. The average molecular weight is 368 g/mol. The minimum absolute atomic E-state index is 0.0647. The number of aliphatic hydroxyl groups is 1. The molecule has 2 aromatic rings. The summed E-state index contributed by atoms with van der Waals surface area (Å²) in [5, 5.41) is 12.2. The molecule has 3 heteroatoms. The van der Waals surface area contributed by atoms with Crippen molar-refractivity contribution < 1.29 is 9.50 Å². The topological polar surface area (TPSA) is 23.5 Å². The highest BCUT2D eigenvalue weighted by molar-refractivity contribution is 5.57. The number of rotatable bonds is 4. The lowest BCUT2D eigenvalue weighted by Gasteiger charge is -2.39. The van der Waals surface area contributed by atoms with Gasteiger partial charge in [-0.2, -0.15) is 0 Å². The molecule has 0 aromatic heterocycles. The third-order valence-electron chi connectivity index (χ3n) is 5.65. The number of aryl methyl sites for hydroxylation is 1. The van der Waals surface area contributed by atoms with E-state index < -0.39 is 5.60 Å². The second-order valence-corrected chi connectivity index (χ2v) is 8.02. The van der Waals surface area contributed by atoms with E-state index in [2.05, 4.69) is 23.1 Å². The van der Waals surface area contributed by atoms with Crippen molar-refractivity contribution in [3.63, 3.8) is 0 Å². The van der Waals surface area contributed by atoms with E-state index in [1.54, 1.807) is 13.0 Å². The summed E-state index contributed by atoms with van der Waals surface area (Å²) in [4.78, 5) is 2.14. The predicted molar refractivity (Wildman–Crippen MR) is 110 cm³/mol. The molecule has 0 amide bonds. The Labute approximate surface area is 162 Å². The van der Waals surface area contributed by atoms with Gasteiger partial charge >= 0.3 is 0 Å². The van der Waals surface area contributed by atoms with Gasteiger partial charge in [0.25, 0.3) is 0 Å². The van der Waals surface area contributed by atoms with Crippen LogP contribution in [0, 0.1) is 18.7 Å². The Balaban J connectivity index is 2.16. The third-order valence-corrected chi connectivity index (χ3v) is 5.65. The minimum atomic E-state index is -1.09. The first kappa shape index (κ1) is 19.8. The van der Waals surface area contributed by atoms with Crippen molar-refractivity contribution in [2.45, 2.75) is 38.2 Å². The van der Waals surface area contributed by atoms with Gasteiger partial charge in [0.05, 0.1) is 0 Å². The average Bonchev–Trinajstić information content (AvgIpc) is 2.79. The summed E-state index contributed by atoms with van der Waals surface area (Å²) in [6, 6.07) is 15.2. The molecule has 1 aliphatic carbocycles. The molecular formula is C24H30FNO. The maximum Gasteiger partial charge on any atom is 0.126 e. The third kappa shape index (κ3) is 4.31. The molecule has 1 N–H and O–H groups in total. The summed E-state index contributed by atoms with van der Waals surface area (Å²) in [5.74, 6) is -0.163. The standard InChI is InChI=1S/C24H30FNO/c1-18-15-21(13-14-23(18)25)24(27)20(16-19-9-5-4-6-10-19)11-7-8-12-22(24)17-26(2)3/h4-6,9-10,13-16,22,27H,7-8,11-12,17H2,1-3H3/b20-16-. The van der Waals surface area contributed by atoms with E-state index in [1.807, 2.05) is 38.4 Å². The van der Waals surface area contributed by atoms with E-state index in [9.17, 15) is 9.50 Å². The lowest BCUT2D eigenvalue weighted by molar-refractivity contribution is 0.000389. The fourth-order valence-electron chi connectivity index (χ4n) is 4.27. The van der Waals surface area contributed by atoms with Gasteiger partial charge in [0, 0.05) is 12.5 Å². The van der Waals surface area contributed by atoms with Crippen molar-refractivity contribution >= 4 is 6.08 Å². The highest BCUT2D eigenvalue weighted by Crippen LogP contribution is 2.45. The molecule has 0 radical (unpaired) electrons. The lowest BCUT2D eigenvalue weighted by atomic mass is 9.73. The maximum atomic E-state index is 13.9. The quantitative estimate of drug-likeness (QED) is 0.755. The summed E-state index contributed by atoms with van der Waals surface area (Å²) in [6.45, 7) is 2.56. The van der Waals surface area contributed by atoms with E-state index in [0.717, 1.165) is 48.9 Å². The number of halogens is 1. The molecule has 2 atom stereocenters. The highest BCUT2D eigenvalue weighted by Gasteiger charge is 2.43. The molecule has 27 heavy (non-hydrogen) atoms. The molecule has 1 aliphatic rings. The highest BCUT2D eigenvalue weighted by atomic mass is 19.1. The van der Waals surface area contributed by atoms with Gasteiger partial charge in [-0.25, -0.2) is 4.39 Å². The van der Waals surface area contributed by atoms with Crippen molar-refractivity contribution in [2.75, 3.05) is 20.6 Å². The summed E-state index contributed by atoms with van der Waals surface area (Å²) < 4.78 is 13.9. The van der Waals surface area contributed by atoms with E-state index in [1.165, 1.54) is 6.07 Å². The molecule has 1 saturated carbocycles. The zero-order valence-electron chi connectivity index (χ0n) is 16.6. The van der Waals surface area contributed by atoms with Gasteiger partial charge in [0.2, 0.25) is 0 Å². The van der Waals surface area contributed by atoms with Gasteiger partial charge < -0.3 is 10.0 Å². The Bertz CT molecular complexity index is 799. The van der Waals surface area contributed by atoms with Crippen molar-refractivity contribution in [2.24, 2.45) is 5.92 Å². The van der Waals surface area contributed by atoms with Crippen LogP contribution in [0.5, 0.6) is 0 Å². The smallest absolute Gasteiger partial charge is 0.126 e. The second kappa shape index (κ2) is 8.37. The van der Waals surface area contributed by atoms with Gasteiger partial charge in [-0.3, -0.25) is 0 Å². The van der Waals surface area contributed by atoms with Crippen LogP contribution in [0.1, 0.15) is 42.4 Å². The van der Waals surface area contributed by atoms with Crippen LogP contribution >= 0.6 is 0 Å². The van der Waals surface area contributed by atoms with Crippen LogP contribution in [0.4, 0.5) is 4.39 Å². The van der Waals surface area contributed by atoms with Crippen molar-refractivity contribution in [1.82, 2.24) is 4.90 Å². The molecule has 0 saturated heterocycles. The van der Waals surface area contributed by atoms with Crippen LogP contribution in [0.3, 0.4) is 0 Å². The summed E-state index contributed by atoms with van der Waals surface area (Å²) >= 11 is 0. The molecular weight excluding hydrogens is 337 g/mol. The van der Waals surface area contributed by atoms with Crippen molar-refractivity contribution in [1.29, 1.82) is 0 Å². The Morgan fingerprint density at radius 2 is 1.89 bits per heavy atom. The Kier molecular flexibility index (Phi) is 6.13. The maximum absolute atomic E-state index is 13.9. The first-order valence-electron chi connectivity index (χ1n) is 9.81. The minimum Gasteiger partial charge on any atom is -0.380 e. The Morgan fingerprint density at radius 1 is 1.15 bits per heavy atom. The number of nitrogens with zero attached hydrogens (tertiary/aromatic N) is 1. The van der Waals surface area contributed by atoms with E-state index in [4.69, 9.17) is 0 Å². The number of hydrogen-bond acceptors (Lipinski definition) is 2. The first-order chi connectivity index (χ1) is 12.9. The lowest BCUT2D eigenvalue weighted by Crippen LogP contribution is -2.41. The molecule has 144 valence electrons. The van der Waals surface area contributed by atoms with Gasteiger partial charge in [-0.1, -0.05) is 48.9 Å². The van der Waals surface area contributed by atoms with Crippen LogP contribution in [0.2, 0.25) is 0 Å². The fourth-order valence-corrected chi connectivity index (χ4v) is 4.27. The van der Waals surface area contributed by atoms with Gasteiger partial charge in [0.15, 0.2) is 0 Å². The Hall–Kier alpha value is -1.97. The zero-order valence-corrected chi connectivity index (χ0v) is 16.6. The zero-order chi connectivity index (χ0) is 19.4. The molecule has 0 heterocycles. The van der Waals surface area contributed by atoms with Crippen LogP contribution in [0.25, 0.3) is 6.08 Å². The first-order valence-corrected chi connectivity index (χ1v) is 9.81. The van der Waals surface area contributed by atoms with Gasteiger partial charge in [0.1, 0.15) is 11.4 Å². The van der Waals surface area contributed by atoms with E-state index in [0.29, 0.717) is 5.56 Å². The summed E-state index contributed by atoms with van der Waals surface area (Å²) in [7, 11) is 4.09. The molecule has 1 fully saturated rings. The molecule has 2 unspecified atom stereocenters. The fraction of sp³-hybridized carbons (Fsp3) is 0.417. The van der Waals surface area contributed by atoms with Crippen LogP contribution in [0.15, 0.2) is 54.1 Å². The van der Waals surface area contributed by atoms with Crippen molar-refractivity contribution in [3.05, 3.63) is 76.6 Å². The monoisotopic (exact) mass is 367 g/mol. The van der Waals surface area contributed by atoms with Crippen LogP contribution in [-0.2, 0) is 5.60 Å².